The van der Waals surface area contributed by atoms with Crippen molar-refractivity contribution in [2.24, 2.45) is 5.41 Å². The second kappa shape index (κ2) is 9.47. The van der Waals surface area contributed by atoms with Gasteiger partial charge >= 0.3 is 0 Å². The van der Waals surface area contributed by atoms with Crippen molar-refractivity contribution in [2.45, 2.75) is 42.9 Å². The maximum atomic E-state index is 13.2. The van der Waals surface area contributed by atoms with Crippen molar-refractivity contribution in [1.82, 2.24) is 15.0 Å². The summed E-state index contributed by atoms with van der Waals surface area (Å²) in [4.78, 5) is 14.7. The van der Waals surface area contributed by atoms with E-state index in [4.69, 9.17) is 4.98 Å². The minimum Gasteiger partial charge on any atom is -0.369 e. The molecule has 11 heteroatoms. The maximum Gasteiger partial charge on any atom is 0.208 e. The van der Waals surface area contributed by atoms with Gasteiger partial charge in [0.15, 0.2) is 5.13 Å². The SMILES string of the molecule is CS(=O)CCNc1cc(S(=O)(=O)c2cccnc2)cc(Nc2nc3c(s2)CC(C)(C)CC3)n1. The summed E-state index contributed by atoms with van der Waals surface area (Å²) in [5.74, 6) is 1.19. The van der Waals surface area contributed by atoms with Crippen LogP contribution in [0.25, 0.3) is 0 Å². The smallest absolute Gasteiger partial charge is 0.208 e. The largest absolute Gasteiger partial charge is 0.369 e. The van der Waals surface area contributed by atoms with E-state index >= 15 is 0 Å². The van der Waals surface area contributed by atoms with Crippen molar-refractivity contribution in [1.29, 1.82) is 0 Å². The van der Waals surface area contributed by atoms with Crippen LogP contribution >= 0.6 is 11.3 Å². The van der Waals surface area contributed by atoms with Gasteiger partial charge in [0.2, 0.25) is 9.84 Å². The zero-order chi connectivity index (χ0) is 23.6. The number of nitrogens with one attached hydrogen (secondary N) is 2. The molecule has 1 aliphatic rings. The lowest BCUT2D eigenvalue weighted by Crippen LogP contribution is -2.20. The van der Waals surface area contributed by atoms with Crippen LogP contribution in [0.2, 0.25) is 0 Å². The Morgan fingerprint density at radius 3 is 2.70 bits per heavy atom. The second-order valence-corrected chi connectivity index (χ2v) is 13.4. The molecular formula is C22H27N5O3S3. The molecule has 0 aromatic carbocycles. The minimum absolute atomic E-state index is 0.0931. The van der Waals surface area contributed by atoms with E-state index in [1.165, 1.54) is 35.5 Å². The Morgan fingerprint density at radius 2 is 1.97 bits per heavy atom. The fourth-order valence-corrected chi connectivity index (χ4v) is 6.57. The molecule has 0 fully saturated rings. The van der Waals surface area contributed by atoms with Crippen molar-refractivity contribution in [3.05, 3.63) is 47.2 Å². The summed E-state index contributed by atoms with van der Waals surface area (Å²) in [5.41, 5.74) is 1.35. The molecule has 0 amide bonds. The molecule has 3 aromatic heterocycles. The number of anilines is 3. The Morgan fingerprint density at radius 1 is 1.18 bits per heavy atom. The highest BCUT2D eigenvalue weighted by atomic mass is 32.2. The van der Waals surface area contributed by atoms with Gasteiger partial charge in [-0.15, -0.1) is 11.3 Å². The van der Waals surface area contributed by atoms with Crippen LogP contribution in [-0.4, -0.2) is 46.1 Å². The molecule has 0 saturated carbocycles. The predicted octanol–water partition coefficient (Wildman–Crippen LogP) is 3.81. The average molecular weight is 506 g/mol. The number of hydrogen-bond donors (Lipinski definition) is 2. The third-order valence-corrected chi connectivity index (χ3v) is 8.95. The number of nitrogens with zero attached hydrogens (tertiary/aromatic N) is 3. The van der Waals surface area contributed by atoms with E-state index in [-0.39, 0.29) is 15.2 Å². The lowest BCUT2D eigenvalue weighted by Gasteiger charge is -2.28. The van der Waals surface area contributed by atoms with E-state index in [0.29, 0.717) is 29.1 Å². The van der Waals surface area contributed by atoms with Gasteiger partial charge in [-0.05, 0) is 42.9 Å². The summed E-state index contributed by atoms with van der Waals surface area (Å²) in [6.45, 7) is 4.93. The van der Waals surface area contributed by atoms with E-state index in [2.05, 4.69) is 34.4 Å². The predicted molar refractivity (Wildman–Crippen MR) is 133 cm³/mol. The summed E-state index contributed by atoms with van der Waals surface area (Å²) in [7, 11) is -4.77. The second-order valence-electron chi connectivity index (χ2n) is 8.82. The highest BCUT2D eigenvalue weighted by Gasteiger charge is 2.28. The highest BCUT2D eigenvalue weighted by Crippen LogP contribution is 2.39. The van der Waals surface area contributed by atoms with Crippen LogP contribution in [-0.2, 0) is 33.5 Å². The third-order valence-electron chi connectivity index (χ3n) is 5.44. The number of rotatable bonds is 8. The van der Waals surface area contributed by atoms with E-state index in [0.717, 1.165) is 25.0 Å². The van der Waals surface area contributed by atoms with E-state index in [1.807, 2.05) is 0 Å². The van der Waals surface area contributed by atoms with Crippen molar-refractivity contribution in [3.63, 3.8) is 0 Å². The topological polar surface area (TPSA) is 114 Å². The van der Waals surface area contributed by atoms with Crippen LogP contribution in [0.5, 0.6) is 0 Å². The van der Waals surface area contributed by atoms with Gasteiger partial charge in [-0.25, -0.2) is 18.4 Å². The van der Waals surface area contributed by atoms with Gasteiger partial charge in [0.25, 0.3) is 0 Å². The Labute approximate surface area is 200 Å². The van der Waals surface area contributed by atoms with Crippen LogP contribution in [0.15, 0.2) is 46.5 Å². The number of hydrogen-bond acceptors (Lipinski definition) is 9. The van der Waals surface area contributed by atoms with E-state index < -0.39 is 20.6 Å². The molecule has 176 valence electrons. The third kappa shape index (κ3) is 5.77. The van der Waals surface area contributed by atoms with Crippen LogP contribution in [0.3, 0.4) is 0 Å². The summed E-state index contributed by atoms with van der Waals surface area (Å²) >= 11 is 1.59. The Bertz CT molecular complexity index is 1270. The average Bonchev–Trinajstić information content (AvgIpc) is 3.14. The molecule has 1 unspecified atom stereocenters. The number of aryl methyl sites for hydroxylation is 1. The monoisotopic (exact) mass is 505 g/mol. The van der Waals surface area contributed by atoms with Gasteiger partial charge in [0.05, 0.1) is 15.5 Å². The molecule has 3 heterocycles. The van der Waals surface area contributed by atoms with Gasteiger partial charge < -0.3 is 10.6 Å². The zero-order valence-corrected chi connectivity index (χ0v) is 21.2. The molecular weight excluding hydrogens is 478 g/mol. The number of sulfone groups is 1. The molecule has 0 aliphatic heterocycles. The summed E-state index contributed by atoms with van der Waals surface area (Å²) in [6.07, 6.45) is 7.48. The van der Waals surface area contributed by atoms with Gasteiger partial charge in [-0.1, -0.05) is 13.8 Å². The van der Waals surface area contributed by atoms with Gasteiger partial charge in [-0.3, -0.25) is 9.19 Å². The summed E-state index contributed by atoms with van der Waals surface area (Å²) in [5, 5.41) is 6.99. The fraction of sp³-hybridized carbons (Fsp3) is 0.409. The van der Waals surface area contributed by atoms with Gasteiger partial charge in [0, 0.05) is 52.7 Å². The van der Waals surface area contributed by atoms with Crippen LogP contribution in [0.1, 0.15) is 30.8 Å². The maximum absolute atomic E-state index is 13.2. The molecule has 3 aromatic rings. The molecule has 1 aliphatic carbocycles. The summed E-state index contributed by atoms with van der Waals surface area (Å²) in [6, 6.07) is 6.10. The zero-order valence-electron chi connectivity index (χ0n) is 18.8. The number of thiazole rings is 1. The molecule has 8 nitrogen and oxygen atoms in total. The first-order valence-electron chi connectivity index (χ1n) is 10.6. The first-order valence-corrected chi connectivity index (χ1v) is 14.6. The molecule has 0 bridgehead atoms. The lowest BCUT2D eigenvalue weighted by molar-refractivity contribution is 0.316. The molecule has 2 N–H and O–H groups in total. The normalized spacial score (nSPS) is 16.1. The van der Waals surface area contributed by atoms with Crippen LogP contribution in [0, 0.1) is 5.41 Å². The van der Waals surface area contributed by atoms with Crippen LogP contribution in [0.4, 0.5) is 16.8 Å². The number of pyridine rings is 2. The Hall–Kier alpha value is -2.37. The highest BCUT2D eigenvalue weighted by molar-refractivity contribution is 7.91. The molecule has 33 heavy (non-hydrogen) atoms. The molecule has 0 saturated heterocycles. The van der Waals surface area contributed by atoms with Gasteiger partial charge in [-0.2, -0.15) is 0 Å². The van der Waals surface area contributed by atoms with Crippen molar-refractivity contribution < 1.29 is 12.6 Å². The first kappa shape index (κ1) is 23.8. The lowest BCUT2D eigenvalue weighted by atomic mass is 9.79. The van der Waals surface area contributed by atoms with Crippen molar-refractivity contribution >= 4 is 48.7 Å². The molecule has 0 radical (unpaired) electrons. The van der Waals surface area contributed by atoms with Crippen molar-refractivity contribution in [2.75, 3.05) is 29.2 Å². The molecule has 1 atom stereocenters. The Balaban J connectivity index is 1.66. The minimum atomic E-state index is -3.79. The number of aromatic nitrogens is 3. The standard InChI is InChI=1S/C22H27N5O3S3/c1-22(2)7-6-17-18(13-22)31-21(25-17)27-20-12-16(11-19(26-20)24-9-10-32(3)28)33(29,30)15-5-4-8-23-14-15/h4-5,8,11-12,14H,6-7,9-10,13H2,1-3H3,(H2,24,25,26,27). The molecule has 0 spiro atoms. The van der Waals surface area contributed by atoms with Crippen molar-refractivity contribution in [3.8, 4) is 0 Å². The Kier molecular flexibility index (Phi) is 6.83. The quantitative estimate of drug-likeness (QED) is 0.475. The first-order chi connectivity index (χ1) is 15.6. The number of fused-ring (bicyclic) bond motifs is 1. The van der Waals surface area contributed by atoms with Gasteiger partial charge in [0.1, 0.15) is 11.6 Å². The molecule has 4 rings (SSSR count). The van der Waals surface area contributed by atoms with E-state index in [9.17, 15) is 12.6 Å². The summed E-state index contributed by atoms with van der Waals surface area (Å²) < 4.78 is 37.9. The fourth-order valence-electron chi connectivity index (χ4n) is 3.64. The van der Waals surface area contributed by atoms with E-state index in [1.54, 1.807) is 23.7 Å². The van der Waals surface area contributed by atoms with Crippen LogP contribution < -0.4 is 10.6 Å².